The fourth-order valence-electron chi connectivity index (χ4n) is 2.67. The summed E-state index contributed by atoms with van der Waals surface area (Å²) < 4.78 is 12.0. The Bertz CT molecular complexity index is 798. The molecule has 4 nitrogen and oxygen atoms in total. The molecule has 126 valence electrons. The van der Waals surface area contributed by atoms with Gasteiger partial charge in [-0.15, -0.1) is 11.3 Å². The predicted molar refractivity (Wildman–Crippen MR) is 99.0 cm³/mol. The van der Waals surface area contributed by atoms with Crippen LogP contribution in [0, 0.1) is 0 Å². The van der Waals surface area contributed by atoms with Crippen molar-refractivity contribution < 1.29 is 9.47 Å². The van der Waals surface area contributed by atoms with E-state index in [1.807, 2.05) is 24.3 Å². The van der Waals surface area contributed by atoms with Crippen LogP contribution in [0.5, 0.6) is 11.5 Å². The van der Waals surface area contributed by atoms with E-state index in [1.165, 1.54) is 4.70 Å². The number of hydrogen-bond donors (Lipinski definition) is 0. The Morgan fingerprint density at radius 2 is 1.92 bits per heavy atom. The zero-order chi connectivity index (χ0) is 17.1. The van der Waals surface area contributed by atoms with Gasteiger partial charge in [-0.1, -0.05) is 12.1 Å². The van der Waals surface area contributed by atoms with E-state index >= 15 is 0 Å². The highest BCUT2D eigenvalue weighted by Crippen LogP contribution is 2.31. The van der Waals surface area contributed by atoms with Gasteiger partial charge in [0.05, 0.1) is 30.5 Å². The van der Waals surface area contributed by atoms with Gasteiger partial charge in [-0.3, -0.25) is 4.90 Å². The van der Waals surface area contributed by atoms with Crippen LogP contribution in [0.25, 0.3) is 10.2 Å². The third kappa shape index (κ3) is 3.37. The Kier molecular flexibility index (Phi) is 5.02. The average molecular weight is 342 g/mol. The van der Waals surface area contributed by atoms with Gasteiger partial charge in [0.2, 0.25) is 0 Å². The van der Waals surface area contributed by atoms with Gasteiger partial charge in [-0.05, 0) is 44.3 Å². The average Bonchev–Trinajstić information content (AvgIpc) is 3.05. The minimum Gasteiger partial charge on any atom is -0.497 e. The summed E-state index contributed by atoms with van der Waals surface area (Å²) in [6, 6.07) is 14.4. The van der Waals surface area contributed by atoms with E-state index < -0.39 is 0 Å². The standard InChI is InChI=1S/C19H22N2O2S/c1-13(19-20-16-7-5-6-8-18(16)24-19)21(2)12-14-11-15(22-3)9-10-17(14)23-4/h5-11,13H,12H2,1-4H3/t13-/m0/s1. The second kappa shape index (κ2) is 7.20. The van der Waals surface area contributed by atoms with Crippen molar-refractivity contribution in [1.82, 2.24) is 9.88 Å². The summed E-state index contributed by atoms with van der Waals surface area (Å²) in [5, 5.41) is 1.13. The lowest BCUT2D eigenvalue weighted by molar-refractivity contribution is 0.248. The molecule has 1 aromatic heterocycles. The van der Waals surface area contributed by atoms with Crippen LogP contribution in [0.2, 0.25) is 0 Å². The summed E-state index contributed by atoms with van der Waals surface area (Å²) in [4.78, 5) is 7.05. The zero-order valence-corrected chi connectivity index (χ0v) is 15.3. The lowest BCUT2D eigenvalue weighted by Crippen LogP contribution is -2.22. The van der Waals surface area contributed by atoms with E-state index in [2.05, 4.69) is 37.1 Å². The lowest BCUT2D eigenvalue weighted by atomic mass is 10.1. The molecule has 0 saturated carbocycles. The predicted octanol–water partition coefficient (Wildman–Crippen LogP) is 4.51. The maximum absolute atomic E-state index is 5.48. The molecular formula is C19H22N2O2S. The van der Waals surface area contributed by atoms with Crippen molar-refractivity contribution in [3.63, 3.8) is 0 Å². The van der Waals surface area contributed by atoms with Crippen LogP contribution >= 0.6 is 11.3 Å². The molecule has 0 spiro atoms. The molecule has 1 atom stereocenters. The first kappa shape index (κ1) is 16.7. The second-order valence-corrected chi connectivity index (χ2v) is 6.85. The van der Waals surface area contributed by atoms with E-state index in [0.717, 1.165) is 34.1 Å². The highest BCUT2D eigenvalue weighted by Gasteiger charge is 2.18. The van der Waals surface area contributed by atoms with Crippen LogP contribution in [-0.4, -0.2) is 31.2 Å². The third-order valence-electron chi connectivity index (χ3n) is 4.24. The summed E-state index contributed by atoms with van der Waals surface area (Å²) >= 11 is 1.75. The highest BCUT2D eigenvalue weighted by atomic mass is 32.1. The quantitative estimate of drug-likeness (QED) is 0.660. The maximum Gasteiger partial charge on any atom is 0.123 e. The van der Waals surface area contributed by atoms with E-state index in [1.54, 1.807) is 25.6 Å². The number of hydrogen-bond acceptors (Lipinski definition) is 5. The number of rotatable bonds is 6. The number of thiazole rings is 1. The fraction of sp³-hybridized carbons (Fsp3) is 0.316. The molecule has 0 saturated heterocycles. The van der Waals surface area contributed by atoms with Gasteiger partial charge in [0.25, 0.3) is 0 Å². The number of fused-ring (bicyclic) bond motifs is 1. The molecule has 3 aromatic rings. The summed E-state index contributed by atoms with van der Waals surface area (Å²) in [7, 11) is 5.48. The Labute approximate surface area is 146 Å². The molecule has 0 amide bonds. The SMILES string of the molecule is COc1ccc(OC)c(CN(C)[C@@H](C)c2nc3ccccc3s2)c1. The Hall–Kier alpha value is -2.11. The van der Waals surface area contributed by atoms with Crippen LogP contribution in [0.1, 0.15) is 23.5 Å². The molecule has 0 aliphatic rings. The molecule has 0 radical (unpaired) electrons. The van der Waals surface area contributed by atoms with E-state index in [4.69, 9.17) is 14.5 Å². The van der Waals surface area contributed by atoms with Crippen LogP contribution in [0.4, 0.5) is 0 Å². The van der Waals surface area contributed by atoms with Crippen LogP contribution in [0.15, 0.2) is 42.5 Å². The van der Waals surface area contributed by atoms with Crippen LogP contribution in [0.3, 0.4) is 0 Å². The molecular weight excluding hydrogens is 320 g/mol. The zero-order valence-electron chi connectivity index (χ0n) is 14.4. The molecule has 0 fully saturated rings. The van der Waals surface area contributed by atoms with Crippen molar-refractivity contribution >= 4 is 21.6 Å². The van der Waals surface area contributed by atoms with Crippen molar-refractivity contribution in [3.05, 3.63) is 53.0 Å². The van der Waals surface area contributed by atoms with E-state index in [9.17, 15) is 0 Å². The summed E-state index contributed by atoms with van der Waals surface area (Å²) in [6.45, 7) is 2.95. The first-order valence-corrected chi connectivity index (χ1v) is 8.70. The summed E-state index contributed by atoms with van der Waals surface area (Å²) in [5.41, 5.74) is 2.17. The number of para-hydroxylation sites is 1. The van der Waals surface area contributed by atoms with Crippen molar-refractivity contribution in [1.29, 1.82) is 0 Å². The first-order chi connectivity index (χ1) is 11.6. The molecule has 3 rings (SSSR count). The number of aromatic nitrogens is 1. The molecule has 5 heteroatoms. The van der Waals surface area contributed by atoms with Gasteiger partial charge < -0.3 is 9.47 Å². The third-order valence-corrected chi connectivity index (χ3v) is 5.44. The smallest absolute Gasteiger partial charge is 0.123 e. The van der Waals surface area contributed by atoms with Crippen molar-refractivity contribution in [2.75, 3.05) is 21.3 Å². The lowest BCUT2D eigenvalue weighted by Gasteiger charge is -2.24. The first-order valence-electron chi connectivity index (χ1n) is 7.89. The van der Waals surface area contributed by atoms with Gasteiger partial charge in [-0.25, -0.2) is 4.98 Å². The van der Waals surface area contributed by atoms with Gasteiger partial charge in [0.1, 0.15) is 16.5 Å². The molecule has 0 unspecified atom stereocenters. The largest absolute Gasteiger partial charge is 0.497 e. The van der Waals surface area contributed by atoms with Crippen molar-refractivity contribution in [3.8, 4) is 11.5 Å². The normalized spacial score (nSPS) is 12.5. The van der Waals surface area contributed by atoms with E-state index in [-0.39, 0.29) is 6.04 Å². The van der Waals surface area contributed by atoms with Crippen molar-refractivity contribution in [2.45, 2.75) is 19.5 Å². The molecule has 0 aliphatic carbocycles. The fourth-order valence-corrected chi connectivity index (χ4v) is 3.75. The molecule has 24 heavy (non-hydrogen) atoms. The summed E-state index contributed by atoms with van der Waals surface area (Å²) in [6.07, 6.45) is 0. The number of ether oxygens (including phenoxy) is 2. The Balaban J connectivity index is 1.82. The minimum absolute atomic E-state index is 0.221. The van der Waals surface area contributed by atoms with Crippen LogP contribution in [-0.2, 0) is 6.54 Å². The minimum atomic E-state index is 0.221. The molecule has 0 aliphatic heterocycles. The Morgan fingerprint density at radius 3 is 2.62 bits per heavy atom. The van der Waals surface area contributed by atoms with Gasteiger partial charge in [-0.2, -0.15) is 0 Å². The monoisotopic (exact) mass is 342 g/mol. The van der Waals surface area contributed by atoms with Crippen molar-refractivity contribution in [2.24, 2.45) is 0 Å². The number of methoxy groups -OCH3 is 2. The van der Waals surface area contributed by atoms with Gasteiger partial charge >= 0.3 is 0 Å². The molecule has 1 heterocycles. The summed E-state index contributed by atoms with van der Waals surface area (Å²) in [5.74, 6) is 1.71. The second-order valence-electron chi connectivity index (χ2n) is 5.79. The maximum atomic E-state index is 5.48. The Morgan fingerprint density at radius 1 is 1.12 bits per heavy atom. The number of benzene rings is 2. The number of nitrogens with zero attached hydrogens (tertiary/aromatic N) is 2. The molecule has 0 N–H and O–H groups in total. The highest BCUT2D eigenvalue weighted by molar-refractivity contribution is 7.18. The molecule has 0 bridgehead atoms. The van der Waals surface area contributed by atoms with E-state index in [0.29, 0.717) is 0 Å². The topological polar surface area (TPSA) is 34.6 Å². The van der Waals surface area contributed by atoms with Crippen LogP contribution < -0.4 is 9.47 Å². The van der Waals surface area contributed by atoms with Gasteiger partial charge in [0, 0.05) is 12.1 Å². The molecule has 2 aromatic carbocycles. The van der Waals surface area contributed by atoms with Gasteiger partial charge in [0.15, 0.2) is 0 Å².